The number of hydrogen-bond donors (Lipinski definition) is 3. The van der Waals surface area contributed by atoms with E-state index in [0.717, 1.165) is 23.7 Å². The van der Waals surface area contributed by atoms with Crippen LogP contribution in [0.4, 0.5) is 24.5 Å². The quantitative estimate of drug-likeness (QED) is 0.172. The molecule has 1 aliphatic rings. The van der Waals surface area contributed by atoms with Crippen LogP contribution in [0.25, 0.3) is 10.9 Å². The molecule has 0 bridgehead atoms. The summed E-state index contributed by atoms with van der Waals surface area (Å²) in [5.74, 6) is 4.25. The predicted octanol–water partition coefficient (Wildman–Crippen LogP) is 4.61. The number of fused-ring (bicyclic) bond motifs is 1. The van der Waals surface area contributed by atoms with Crippen molar-refractivity contribution < 1.29 is 45.8 Å². The fourth-order valence-corrected chi connectivity index (χ4v) is 6.33. The van der Waals surface area contributed by atoms with Gasteiger partial charge in [0.1, 0.15) is 12.3 Å². The molecule has 3 N–H and O–H groups in total. The van der Waals surface area contributed by atoms with Crippen molar-refractivity contribution in [3.8, 4) is 17.6 Å². The minimum atomic E-state index is -4.49. The molecule has 4 rings (SSSR count). The second kappa shape index (κ2) is 15.7. The van der Waals surface area contributed by atoms with Crippen LogP contribution in [0.2, 0.25) is 0 Å². The van der Waals surface area contributed by atoms with Crippen LogP contribution in [0.3, 0.4) is 0 Å². The third kappa shape index (κ3) is 10.3. The van der Waals surface area contributed by atoms with Crippen LogP contribution in [0.15, 0.2) is 47.4 Å². The number of esters is 1. The number of piperidine rings is 1. The van der Waals surface area contributed by atoms with Gasteiger partial charge in [-0.1, -0.05) is 12.0 Å². The number of ether oxygens (including phenoxy) is 2. The molecular formula is C33H39F3N4O7S. The van der Waals surface area contributed by atoms with Crippen LogP contribution in [-0.4, -0.2) is 93.3 Å². The van der Waals surface area contributed by atoms with Crippen molar-refractivity contribution >= 4 is 44.1 Å². The number of benzene rings is 2. The first-order chi connectivity index (χ1) is 22.6. The second-order valence-corrected chi connectivity index (χ2v) is 13.8. The van der Waals surface area contributed by atoms with Crippen LogP contribution in [0.1, 0.15) is 31.9 Å². The van der Waals surface area contributed by atoms with Crippen LogP contribution < -0.4 is 15.4 Å². The van der Waals surface area contributed by atoms with Crippen molar-refractivity contribution in [2.45, 2.75) is 49.8 Å². The maximum Gasteiger partial charge on any atom is 0.406 e. The van der Waals surface area contributed by atoms with Crippen LogP contribution in [0, 0.1) is 17.8 Å². The molecule has 15 heteroatoms. The summed E-state index contributed by atoms with van der Waals surface area (Å²) in [6, 6.07) is 11.2. The summed E-state index contributed by atoms with van der Waals surface area (Å²) >= 11 is 0. The molecule has 1 aliphatic heterocycles. The van der Waals surface area contributed by atoms with Gasteiger partial charge in [-0.3, -0.25) is 9.59 Å². The predicted molar refractivity (Wildman–Crippen MR) is 175 cm³/mol. The number of sulfone groups is 1. The minimum Gasteiger partial charge on any atom is -0.495 e. The molecule has 0 amide bonds. The van der Waals surface area contributed by atoms with Crippen LogP contribution >= 0.6 is 0 Å². The Hall–Kier alpha value is -4.42. The Morgan fingerprint density at radius 2 is 1.85 bits per heavy atom. The maximum absolute atomic E-state index is 13.7. The highest BCUT2D eigenvalue weighted by Gasteiger charge is 2.30. The first-order valence-electron chi connectivity index (χ1n) is 15.3. The van der Waals surface area contributed by atoms with Gasteiger partial charge in [0.2, 0.25) is 0 Å². The van der Waals surface area contributed by atoms with E-state index in [9.17, 15) is 36.3 Å². The highest BCUT2D eigenvalue weighted by Crippen LogP contribution is 2.32. The summed E-state index contributed by atoms with van der Waals surface area (Å²) in [6.07, 6.45) is -2.07. The molecule has 1 atom stereocenters. The molecule has 1 fully saturated rings. The van der Waals surface area contributed by atoms with Crippen molar-refractivity contribution in [2.24, 2.45) is 5.92 Å². The first-order valence-corrected chi connectivity index (χ1v) is 17.2. The van der Waals surface area contributed by atoms with Gasteiger partial charge in [0, 0.05) is 61.9 Å². The molecular weight excluding hydrogens is 653 g/mol. The number of carboxylic acid groups (broad SMARTS) is 1. The third-order valence-corrected chi connectivity index (χ3v) is 9.03. The number of aromatic nitrogens is 1. The Balaban J connectivity index is 1.48. The van der Waals surface area contributed by atoms with E-state index < -0.39 is 34.5 Å². The number of likely N-dealkylation sites (tertiary alicyclic amines) is 1. The lowest BCUT2D eigenvalue weighted by molar-refractivity contribution is -0.146. The summed E-state index contributed by atoms with van der Waals surface area (Å²) in [7, 11) is -2.05. The molecule has 3 aromatic rings. The number of hydrogen-bond acceptors (Lipinski definition) is 9. The van der Waals surface area contributed by atoms with Crippen molar-refractivity contribution in [1.82, 2.24) is 9.47 Å². The van der Waals surface area contributed by atoms with E-state index in [4.69, 9.17) is 9.47 Å². The number of aliphatic carboxylic acids is 1. The van der Waals surface area contributed by atoms with Crippen LogP contribution in [0.5, 0.6) is 5.75 Å². The monoisotopic (exact) mass is 692 g/mol. The van der Waals surface area contributed by atoms with Gasteiger partial charge in [0.05, 0.1) is 48.5 Å². The van der Waals surface area contributed by atoms with Crippen molar-refractivity contribution in [1.29, 1.82) is 0 Å². The van der Waals surface area contributed by atoms with Crippen molar-refractivity contribution in [3.05, 3.63) is 48.2 Å². The van der Waals surface area contributed by atoms with Crippen molar-refractivity contribution in [2.75, 3.05) is 56.8 Å². The highest BCUT2D eigenvalue weighted by molar-refractivity contribution is 7.90. The number of anilines is 2. The third-order valence-electron chi connectivity index (χ3n) is 7.92. The van der Waals surface area contributed by atoms with Crippen molar-refractivity contribution in [3.63, 3.8) is 0 Å². The summed E-state index contributed by atoms with van der Waals surface area (Å²) in [6.45, 7) is 1.96. The Bertz CT molecular complexity index is 1790. The molecule has 2 heterocycles. The summed E-state index contributed by atoms with van der Waals surface area (Å²) in [5.41, 5.74) is 1.73. The van der Waals surface area contributed by atoms with E-state index in [0.29, 0.717) is 41.9 Å². The number of carbonyl (C=O) groups excluding carboxylic acids is 1. The van der Waals surface area contributed by atoms with E-state index in [1.54, 1.807) is 18.2 Å². The number of methoxy groups -OCH3 is 1. The van der Waals surface area contributed by atoms with Gasteiger partial charge in [-0.2, -0.15) is 13.2 Å². The summed E-state index contributed by atoms with van der Waals surface area (Å²) in [4.78, 5) is 24.7. The van der Waals surface area contributed by atoms with Gasteiger partial charge >= 0.3 is 18.1 Å². The Morgan fingerprint density at radius 3 is 2.48 bits per heavy atom. The van der Waals surface area contributed by atoms with Gasteiger partial charge in [-0.15, -0.1) is 0 Å². The van der Waals surface area contributed by atoms with Gasteiger partial charge < -0.3 is 34.7 Å². The molecule has 260 valence electrons. The summed E-state index contributed by atoms with van der Waals surface area (Å²) < 4.78 is 76.3. The number of halogens is 3. The molecule has 0 radical (unpaired) electrons. The normalized spacial score (nSPS) is 15.0. The molecule has 0 aliphatic carbocycles. The molecule has 1 aromatic heterocycles. The van der Waals surface area contributed by atoms with E-state index in [-0.39, 0.29) is 47.9 Å². The molecule has 0 spiro atoms. The maximum atomic E-state index is 13.7. The number of nitrogens with one attached hydrogen (secondary N) is 2. The number of carboxylic acids is 1. The first kappa shape index (κ1) is 36.4. The average Bonchev–Trinajstić information content (AvgIpc) is 3.34. The lowest BCUT2D eigenvalue weighted by Gasteiger charge is -2.34. The molecule has 1 saturated heterocycles. The number of nitrogens with zero attached hydrogens (tertiary/aromatic N) is 2. The zero-order chi connectivity index (χ0) is 35.1. The summed E-state index contributed by atoms with van der Waals surface area (Å²) in [5, 5.41) is 16.4. The van der Waals surface area contributed by atoms with E-state index >= 15 is 0 Å². The van der Waals surface area contributed by atoms with E-state index in [1.807, 2.05) is 6.07 Å². The minimum absolute atomic E-state index is 0.0324. The Kier molecular flexibility index (Phi) is 11.9. The molecule has 2 aromatic carbocycles. The van der Waals surface area contributed by atoms with Crippen LogP contribution in [-0.2, 0) is 30.7 Å². The molecule has 48 heavy (non-hydrogen) atoms. The molecule has 0 saturated carbocycles. The van der Waals surface area contributed by atoms with E-state index in [2.05, 4.69) is 27.4 Å². The largest absolute Gasteiger partial charge is 0.495 e. The zero-order valence-electron chi connectivity index (χ0n) is 26.9. The van der Waals surface area contributed by atoms with Gasteiger partial charge in [0.25, 0.3) is 0 Å². The lowest BCUT2D eigenvalue weighted by Crippen LogP contribution is -2.42. The molecule has 1 unspecified atom stereocenters. The Labute approximate surface area is 277 Å². The number of rotatable bonds is 13. The molecule has 11 nitrogen and oxygen atoms in total. The SMILES string of the molecule is COc1cc(S(C)(=O)=O)ccc1NCC#Cc1cc2c(NC3CCN(CC(COC(C)=O)CC(=O)O)CC3)cccc2n1CC(F)(F)F. The standard InChI is InChI=1S/C33H39F3N4O7S/c1-22(41)47-20-23(16-32(42)43)19-39-14-11-24(12-15-39)38-28-7-4-8-30-27(28)17-25(40(30)21-33(34,35)36)6-5-13-37-29-10-9-26(48(3,44)45)18-31(29)46-2/h4,7-10,17-18,23-24,37-38H,11-16,19-21H2,1-3H3,(H,42,43). The zero-order valence-corrected chi connectivity index (χ0v) is 27.7. The topological polar surface area (TPSA) is 139 Å². The highest BCUT2D eigenvalue weighted by atomic mass is 32.2. The van der Waals surface area contributed by atoms with Gasteiger partial charge in [0.15, 0.2) is 9.84 Å². The fourth-order valence-electron chi connectivity index (χ4n) is 5.69. The Morgan fingerprint density at radius 1 is 1.12 bits per heavy atom. The fraction of sp³-hybridized carbons (Fsp3) is 0.455. The van der Waals surface area contributed by atoms with Gasteiger partial charge in [-0.05, 0) is 49.1 Å². The smallest absolute Gasteiger partial charge is 0.406 e. The average molecular weight is 693 g/mol. The van der Waals surface area contributed by atoms with E-state index in [1.165, 1.54) is 32.2 Å². The van der Waals surface area contributed by atoms with Gasteiger partial charge in [-0.25, -0.2) is 8.42 Å². The number of alkyl halides is 3. The second-order valence-electron chi connectivity index (χ2n) is 11.7. The lowest BCUT2D eigenvalue weighted by atomic mass is 10.0. The number of carbonyl (C=O) groups is 2.